The van der Waals surface area contributed by atoms with E-state index >= 15 is 0 Å². The van der Waals surface area contributed by atoms with Gasteiger partial charge in [0.25, 0.3) is 0 Å². The number of rotatable bonds is 4. The van der Waals surface area contributed by atoms with Gasteiger partial charge in [0.05, 0.1) is 11.9 Å². The summed E-state index contributed by atoms with van der Waals surface area (Å²) >= 11 is 0. The summed E-state index contributed by atoms with van der Waals surface area (Å²) < 4.78 is 40.8. The molecule has 0 saturated heterocycles. The molecule has 21 heavy (non-hydrogen) atoms. The summed E-state index contributed by atoms with van der Waals surface area (Å²) in [5.74, 6) is -0.251. The molecule has 4 nitrogen and oxygen atoms in total. The first-order valence-electron chi connectivity index (χ1n) is 5.91. The van der Waals surface area contributed by atoms with E-state index in [1.54, 1.807) is 12.1 Å². The molecule has 0 atom stereocenters. The second-order valence-corrected chi connectivity index (χ2v) is 4.05. The van der Waals surface area contributed by atoms with Crippen molar-refractivity contribution in [3.63, 3.8) is 0 Å². The lowest BCUT2D eigenvalue weighted by atomic mass is 10.2. The number of anilines is 1. The number of para-hydroxylation sites is 1. The maximum Gasteiger partial charge on any atom is 0.573 e. The highest BCUT2D eigenvalue weighted by Gasteiger charge is 2.31. The summed E-state index contributed by atoms with van der Waals surface area (Å²) in [7, 11) is 0. The number of nitriles is 1. The number of pyridine rings is 1. The highest BCUT2D eigenvalue weighted by Crippen LogP contribution is 2.26. The maximum atomic E-state index is 12.3. The minimum atomic E-state index is -4.73. The first-order chi connectivity index (χ1) is 9.98. The van der Waals surface area contributed by atoms with Crippen molar-refractivity contribution in [2.45, 2.75) is 12.9 Å². The van der Waals surface area contributed by atoms with Crippen LogP contribution in [-0.2, 0) is 6.54 Å². The van der Waals surface area contributed by atoms with Crippen LogP contribution in [0.1, 0.15) is 11.3 Å². The number of aromatic nitrogens is 1. The van der Waals surface area contributed by atoms with Gasteiger partial charge >= 0.3 is 6.36 Å². The molecule has 1 heterocycles. The van der Waals surface area contributed by atoms with Gasteiger partial charge in [-0.15, -0.1) is 13.2 Å². The Kier molecular flexibility index (Phi) is 4.28. The van der Waals surface area contributed by atoms with Gasteiger partial charge in [-0.05, 0) is 18.2 Å². The molecule has 2 rings (SSSR count). The average Bonchev–Trinajstić information content (AvgIpc) is 2.45. The van der Waals surface area contributed by atoms with Crippen molar-refractivity contribution in [2.75, 3.05) is 5.32 Å². The summed E-state index contributed by atoms with van der Waals surface area (Å²) in [4.78, 5) is 3.86. The topological polar surface area (TPSA) is 57.9 Å². The molecule has 0 bridgehead atoms. The third kappa shape index (κ3) is 4.38. The van der Waals surface area contributed by atoms with E-state index in [4.69, 9.17) is 5.26 Å². The lowest BCUT2D eigenvalue weighted by Crippen LogP contribution is -2.18. The zero-order valence-electron chi connectivity index (χ0n) is 10.7. The summed E-state index contributed by atoms with van der Waals surface area (Å²) in [6.07, 6.45) is -3.29. The van der Waals surface area contributed by atoms with E-state index in [0.29, 0.717) is 11.3 Å². The fourth-order valence-electron chi connectivity index (χ4n) is 1.64. The molecule has 7 heteroatoms. The second kappa shape index (κ2) is 6.13. The molecule has 2 aromatic rings. The van der Waals surface area contributed by atoms with Crippen molar-refractivity contribution in [1.82, 2.24) is 4.98 Å². The van der Waals surface area contributed by atoms with Crippen LogP contribution >= 0.6 is 0 Å². The van der Waals surface area contributed by atoms with E-state index in [1.165, 1.54) is 30.5 Å². The van der Waals surface area contributed by atoms with Crippen LogP contribution in [0.25, 0.3) is 0 Å². The lowest BCUT2D eigenvalue weighted by Gasteiger charge is -2.14. The number of benzene rings is 1. The van der Waals surface area contributed by atoms with Crippen molar-refractivity contribution >= 4 is 5.69 Å². The predicted octanol–water partition coefficient (Wildman–Crippen LogP) is 3.46. The number of halogens is 3. The van der Waals surface area contributed by atoms with E-state index < -0.39 is 6.36 Å². The monoisotopic (exact) mass is 293 g/mol. The zero-order chi connectivity index (χ0) is 15.3. The highest BCUT2D eigenvalue weighted by molar-refractivity contribution is 5.45. The largest absolute Gasteiger partial charge is 0.573 e. The minimum absolute atomic E-state index is 0.139. The quantitative estimate of drug-likeness (QED) is 0.937. The van der Waals surface area contributed by atoms with Crippen LogP contribution in [0, 0.1) is 11.3 Å². The molecule has 1 N–H and O–H groups in total. The molecular formula is C14H10F3N3O. The average molecular weight is 293 g/mol. The Morgan fingerprint density at radius 2 is 1.95 bits per heavy atom. The Balaban J connectivity index is 2.07. The van der Waals surface area contributed by atoms with E-state index in [0.717, 1.165) is 0 Å². The molecule has 0 fully saturated rings. The maximum absolute atomic E-state index is 12.3. The summed E-state index contributed by atoms with van der Waals surface area (Å²) in [6, 6.07) is 10.9. The van der Waals surface area contributed by atoms with Gasteiger partial charge in [0.2, 0.25) is 0 Å². The summed E-state index contributed by atoms with van der Waals surface area (Å²) in [5.41, 5.74) is 1.22. The first-order valence-corrected chi connectivity index (χ1v) is 5.91. The first kappa shape index (κ1) is 14.7. The molecule has 0 saturated carbocycles. The number of ether oxygens (including phenoxy) is 1. The normalized spacial score (nSPS) is 10.8. The standard InChI is InChI=1S/C14H10F3N3O/c15-14(16,17)21-13-4-2-1-3-10(13)8-19-12-6-5-11(7-18)20-9-12/h1-6,9,19H,8H2. The fraction of sp³-hybridized carbons (Fsp3) is 0.143. The Hall–Kier alpha value is -2.75. The Labute approximate surface area is 118 Å². The Morgan fingerprint density at radius 3 is 2.57 bits per heavy atom. The van der Waals surface area contributed by atoms with Gasteiger partial charge < -0.3 is 10.1 Å². The predicted molar refractivity (Wildman–Crippen MR) is 69.4 cm³/mol. The van der Waals surface area contributed by atoms with Crippen molar-refractivity contribution in [2.24, 2.45) is 0 Å². The summed E-state index contributed by atoms with van der Waals surface area (Å²) in [5, 5.41) is 11.5. The van der Waals surface area contributed by atoms with Crippen LogP contribution in [0.3, 0.4) is 0 Å². The minimum Gasteiger partial charge on any atom is -0.405 e. The third-order valence-corrected chi connectivity index (χ3v) is 2.56. The molecule has 0 radical (unpaired) electrons. The van der Waals surface area contributed by atoms with Gasteiger partial charge in [-0.1, -0.05) is 18.2 Å². The van der Waals surface area contributed by atoms with Crippen LogP contribution in [0.2, 0.25) is 0 Å². The molecular weight excluding hydrogens is 283 g/mol. The van der Waals surface area contributed by atoms with E-state index in [-0.39, 0.29) is 18.0 Å². The second-order valence-electron chi connectivity index (χ2n) is 4.05. The highest BCUT2D eigenvalue weighted by atomic mass is 19.4. The zero-order valence-corrected chi connectivity index (χ0v) is 10.7. The van der Waals surface area contributed by atoms with Crippen LogP contribution in [-0.4, -0.2) is 11.3 Å². The molecule has 0 aliphatic heterocycles. The molecule has 0 aliphatic carbocycles. The van der Waals surface area contributed by atoms with Crippen molar-refractivity contribution < 1.29 is 17.9 Å². The number of hydrogen-bond donors (Lipinski definition) is 1. The molecule has 0 unspecified atom stereocenters. The number of nitrogens with zero attached hydrogens (tertiary/aromatic N) is 2. The number of hydrogen-bond acceptors (Lipinski definition) is 4. The lowest BCUT2D eigenvalue weighted by molar-refractivity contribution is -0.274. The molecule has 0 aliphatic rings. The van der Waals surface area contributed by atoms with Crippen molar-refractivity contribution in [3.05, 3.63) is 53.9 Å². The molecule has 108 valence electrons. The Morgan fingerprint density at radius 1 is 1.19 bits per heavy atom. The van der Waals surface area contributed by atoms with Gasteiger partial charge in [-0.25, -0.2) is 4.98 Å². The summed E-state index contributed by atoms with van der Waals surface area (Å²) in [6.45, 7) is 0.139. The van der Waals surface area contributed by atoms with Crippen LogP contribution < -0.4 is 10.1 Å². The molecule has 1 aromatic heterocycles. The van der Waals surface area contributed by atoms with Gasteiger partial charge in [-0.2, -0.15) is 5.26 Å². The van der Waals surface area contributed by atoms with Crippen LogP contribution in [0.5, 0.6) is 5.75 Å². The van der Waals surface area contributed by atoms with Crippen molar-refractivity contribution in [3.8, 4) is 11.8 Å². The van der Waals surface area contributed by atoms with E-state index in [1.807, 2.05) is 6.07 Å². The molecule has 0 spiro atoms. The van der Waals surface area contributed by atoms with Gasteiger partial charge in [0.1, 0.15) is 17.5 Å². The Bertz CT molecular complexity index is 648. The van der Waals surface area contributed by atoms with Gasteiger partial charge in [0.15, 0.2) is 0 Å². The van der Waals surface area contributed by atoms with E-state index in [2.05, 4.69) is 15.0 Å². The van der Waals surface area contributed by atoms with Crippen molar-refractivity contribution in [1.29, 1.82) is 5.26 Å². The smallest absolute Gasteiger partial charge is 0.405 e. The van der Waals surface area contributed by atoms with Gasteiger partial charge in [0, 0.05) is 12.1 Å². The molecule has 1 aromatic carbocycles. The van der Waals surface area contributed by atoms with Crippen LogP contribution in [0.15, 0.2) is 42.6 Å². The number of nitrogens with one attached hydrogen (secondary N) is 1. The SMILES string of the molecule is N#Cc1ccc(NCc2ccccc2OC(F)(F)F)cn1. The number of alkyl halides is 3. The van der Waals surface area contributed by atoms with Crippen LogP contribution in [0.4, 0.5) is 18.9 Å². The fourth-order valence-corrected chi connectivity index (χ4v) is 1.64. The molecule has 0 amide bonds. The third-order valence-electron chi connectivity index (χ3n) is 2.56. The van der Waals surface area contributed by atoms with E-state index in [9.17, 15) is 13.2 Å². The van der Waals surface area contributed by atoms with Gasteiger partial charge in [-0.3, -0.25) is 0 Å².